The van der Waals surface area contributed by atoms with Crippen molar-refractivity contribution >= 4 is 29.9 Å². The molecule has 0 spiro atoms. The number of halogens is 1. The molecule has 1 saturated heterocycles. The molecule has 0 bridgehead atoms. The summed E-state index contributed by atoms with van der Waals surface area (Å²) < 4.78 is 7.46. The number of morpholine rings is 1. The van der Waals surface area contributed by atoms with Gasteiger partial charge in [-0.1, -0.05) is 13.8 Å². The van der Waals surface area contributed by atoms with Crippen molar-refractivity contribution in [3.8, 4) is 0 Å². The van der Waals surface area contributed by atoms with Crippen molar-refractivity contribution in [3.05, 3.63) is 12.2 Å². The second-order valence-corrected chi connectivity index (χ2v) is 6.19. The zero-order valence-corrected chi connectivity index (χ0v) is 17.9. The first-order chi connectivity index (χ1) is 11.7. The van der Waals surface area contributed by atoms with Gasteiger partial charge in [0.25, 0.3) is 0 Å². The minimum Gasteiger partial charge on any atom is -0.379 e. The lowest BCUT2D eigenvalue weighted by Gasteiger charge is -2.29. The summed E-state index contributed by atoms with van der Waals surface area (Å²) in [5.74, 6) is 2.42. The van der Waals surface area contributed by atoms with E-state index in [1.54, 1.807) is 13.4 Å². The number of aromatic nitrogens is 3. The normalized spacial score (nSPS) is 17.0. The van der Waals surface area contributed by atoms with Crippen molar-refractivity contribution in [2.24, 2.45) is 10.9 Å². The second-order valence-electron chi connectivity index (χ2n) is 6.19. The molecule has 1 aromatic rings. The standard InChI is InChI=1S/C16H31N7O.HI/c1-4-15-21-20-13-23(15)6-5-18-16(17-3)19-11-14(2)12-22-7-9-24-10-8-22;/h13-14H,4-12H2,1-3H3,(H2,17,18,19);1H. The Hall–Kier alpha value is -0.940. The van der Waals surface area contributed by atoms with Gasteiger partial charge < -0.3 is 19.9 Å². The zero-order valence-electron chi connectivity index (χ0n) is 15.6. The van der Waals surface area contributed by atoms with E-state index in [1.807, 2.05) is 0 Å². The SMILES string of the molecule is CCc1nncn1CCNC(=NC)NCC(C)CN1CCOCC1.I. The van der Waals surface area contributed by atoms with E-state index >= 15 is 0 Å². The molecule has 144 valence electrons. The first kappa shape index (κ1) is 22.1. The summed E-state index contributed by atoms with van der Waals surface area (Å²) in [6.07, 6.45) is 2.67. The maximum atomic E-state index is 5.39. The number of ether oxygens (including phenoxy) is 1. The highest BCUT2D eigenvalue weighted by molar-refractivity contribution is 14.0. The van der Waals surface area contributed by atoms with Gasteiger partial charge in [-0.2, -0.15) is 0 Å². The van der Waals surface area contributed by atoms with Crippen LogP contribution in [0.3, 0.4) is 0 Å². The molecule has 0 aliphatic carbocycles. The summed E-state index contributed by atoms with van der Waals surface area (Å²) in [4.78, 5) is 6.75. The van der Waals surface area contributed by atoms with Crippen molar-refractivity contribution in [3.63, 3.8) is 0 Å². The van der Waals surface area contributed by atoms with Gasteiger partial charge in [0, 0.05) is 52.7 Å². The molecule has 2 heterocycles. The quantitative estimate of drug-likeness (QED) is 0.333. The zero-order chi connectivity index (χ0) is 17.2. The van der Waals surface area contributed by atoms with Crippen LogP contribution in [0.15, 0.2) is 11.3 Å². The number of aryl methyl sites for hydroxylation is 1. The smallest absolute Gasteiger partial charge is 0.191 e. The highest BCUT2D eigenvalue weighted by atomic mass is 127. The van der Waals surface area contributed by atoms with Crippen LogP contribution < -0.4 is 10.6 Å². The molecule has 0 aromatic carbocycles. The minimum absolute atomic E-state index is 0. The summed E-state index contributed by atoms with van der Waals surface area (Å²) in [6, 6.07) is 0. The van der Waals surface area contributed by atoms with E-state index < -0.39 is 0 Å². The van der Waals surface area contributed by atoms with E-state index in [0.717, 1.165) is 70.7 Å². The summed E-state index contributed by atoms with van der Waals surface area (Å²) in [6.45, 7) is 11.8. The fourth-order valence-electron chi connectivity index (χ4n) is 2.81. The number of aliphatic imine (C=N–C) groups is 1. The van der Waals surface area contributed by atoms with Crippen LogP contribution in [0.5, 0.6) is 0 Å². The van der Waals surface area contributed by atoms with Gasteiger partial charge in [0.1, 0.15) is 12.2 Å². The molecule has 9 heteroatoms. The van der Waals surface area contributed by atoms with E-state index in [4.69, 9.17) is 4.74 Å². The van der Waals surface area contributed by atoms with Crippen LogP contribution in [-0.2, 0) is 17.7 Å². The van der Waals surface area contributed by atoms with Crippen LogP contribution in [0.25, 0.3) is 0 Å². The molecule has 1 aliphatic rings. The molecule has 2 rings (SSSR count). The first-order valence-corrected chi connectivity index (χ1v) is 8.84. The van der Waals surface area contributed by atoms with Crippen LogP contribution in [0.4, 0.5) is 0 Å². The number of nitrogens with one attached hydrogen (secondary N) is 2. The van der Waals surface area contributed by atoms with Crippen molar-refractivity contribution in [1.82, 2.24) is 30.3 Å². The summed E-state index contributed by atoms with van der Waals surface area (Å²) >= 11 is 0. The predicted molar refractivity (Wildman–Crippen MR) is 111 cm³/mol. The maximum Gasteiger partial charge on any atom is 0.191 e. The number of rotatable bonds is 8. The first-order valence-electron chi connectivity index (χ1n) is 8.84. The van der Waals surface area contributed by atoms with Gasteiger partial charge >= 0.3 is 0 Å². The lowest BCUT2D eigenvalue weighted by Crippen LogP contribution is -2.44. The van der Waals surface area contributed by atoms with Crippen LogP contribution in [0.1, 0.15) is 19.7 Å². The van der Waals surface area contributed by atoms with Crippen molar-refractivity contribution in [1.29, 1.82) is 0 Å². The van der Waals surface area contributed by atoms with E-state index in [2.05, 4.69) is 49.1 Å². The van der Waals surface area contributed by atoms with Crippen LogP contribution >= 0.6 is 24.0 Å². The highest BCUT2D eigenvalue weighted by Crippen LogP contribution is 2.02. The molecule has 8 nitrogen and oxygen atoms in total. The fraction of sp³-hybridized carbons (Fsp3) is 0.812. The molecule has 1 atom stereocenters. The average molecular weight is 465 g/mol. The third-order valence-corrected chi connectivity index (χ3v) is 4.17. The Labute approximate surface area is 167 Å². The summed E-state index contributed by atoms with van der Waals surface area (Å²) in [5.41, 5.74) is 0. The Morgan fingerprint density at radius 3 is 2.80 bits per heavy atom. The molecule has 25 heavy (non-hydrogen) atoms. The third kappa shape index (κ3) is 7.87. The fourth-order valence-corrected chi connectivity index (χ4v) is 2.81. The van der Waals surface area contributed by atoms with Crippen molar-refractivity contribution in [2.45, 2.75) is 26.8 Å². The number of nitrogens with zero attached hydrogens (tertiary/aromatic N) is 5. The molecule has 2 N–H and O–H groups in total. The average Bonchev–Trinajstić information content (AvgIpc) is 3.06. The van der Waals surface area contributed by atoms with Crippen LogP contribution in [0, 0.1) is 5.92 Å². The summed E-state index contributed by atoms with van der Waals surface area (Å²) in [5, 5.41) is 14.8. The van der Waals surface area contributed by atoms with E-state index in [1.165, 1.54) is 0 Å². The van der Waals surface area contributed by atoms with E-state index in [9.17, 15) is 0 Å². The molecule has 0 saturated carbocycles. The number of guanidine groups is 1. The van der Waals surface area contributed by atoms with Gasteiger partial charge in [0.2, 0.25) is 0 Å². The molecule has 0 amide bonds. The predicted octanol–water partition coefficient (Wildman–Crippen LogP) is 0.592. The molecular weight excluding hydrogens is 433 g/mol. The lowest BCUT2D eigenvalue weighted by molar-refractivity contribution is 0.0320. The Bertz CT molecular complexity index is 502. The van der Waals surface area contributed by atoms with Crippen LogP contribution in [-0.4, -0.2) is 78.6 Å². The highest BCUT2D eigenvalue weighted by Gasteiger charge is 2.13. The largest absolute Gasteiger partial charge is 0.379 e. The molecule has 1 aliphatic heterocycles. The topological polar surface area (TPSA) is 79.6 Å². The van der Waals surface area contributed by atoms with Crippen molar-refractivity contribution in [2.75, 3.05) is 53.0 Å². The van der Waals surface area contributed by atoms with Gasteiger partial charge in [-0.05, 0) is 5.92 Å². The lowest BCUT2D eigenvalue weighted by atomic mass is 10.1. The van der Waals surface area contributed by atoms with Gasteiger partial charge in [-0.3, -0.25) is 9.89 Å². The van der Waals surface area contributed by atoms with Crippen LogP contribution in [0.2, 0.25) is 0 Å². The third-order valence-electron chi connectivity index (χ3n) is 4.17. The van der Waals surface area contributed by atoms with Crippen molar-refractivity contribution < 1.29 is 4.74 Å². The van der Waals surface area contributed by atoms with Gasteiger partial charge in [0.15, 0.2) is 5.96 Å². The number of hydrogen-bond acceptors (Lipinski definition) is 5. The Morgan fingerprint density at radius 1 is 1.36 bits per heavy atom. The molecule has 1 aromatic heterocycles. The summed E-state index contributed by atoms with van der Waals surface area (Å²) in [7, 11) is 1.80. The second kappa shape index (κ2) is 12.4. The number of hydrogen-bond donors (Lipinski definition) is 2. The molecule has 0 radical (unpaired) electrons. The minimum atomic E-state index is 0. The molecule has 1 fully saturated rings. The van der Waals surface area contributed by atoms with Gasteiger partial charge in [-0.15, -0.1) is 34.2 Å². The van der Waals surface area contributed by atoms with Gasteiger partial charge in [-0.25, -0.2) is 0 Å². The Morgan fingerprint density at radius 2 is 2.12 bits per heavy atom. The van der Waals surface area contributed by atoms with Gasteiger partial charge in [0.05, 0.1) is 13.2 Å². The maximum absolute atomic E-state index is 5.39. The molecular formula is C16H32IN7O. The monoisotopic (exact) mass is 465 g/mol. The Balaban J connectivity index is 0.00000312. The van der Waals surface area contributed by atoms with E-state index in [-0.39, 0.29) is 24.0 Å². The Kier molecular flexibility index (Phi) is 11.0. The molecule has 1 unspecified atom stereocenters. The van der Waals surface area contributed by atoms with E-state index in [0.29, 0.717) is 5.92 Å².